The van der Waals surface area contributed by atoms with E-state index >= 15 is 0 Å². The molecule has 0 saturated heterocycles. The Bertz CT molecular complexity index is 222. The van der Waals surface area contributed by atoms with Gasteiger partial charge in [0.05, 0.1) is 7.11 Å². The van der Waals surface area contributed by atoms with E-state index in [9.17, 15) is 0 Å². The lowest BCUT2D eigenvalue weighted by Gasteiger charge is -2.00. The molecule has 0 saturated carbocycles. The Morgan fingerprint density at radius 2 is 2.27 bits per heavy atom. The molecule has 0 radical (unpaired) electrons. The van der Waals surface area contributed by atoms with Crippen LogP contribution >= 0.6 is 0 Å². The van der Waals surface area contributed by atoms with Gasteiger partial charge in [0.25, 0.3) is 0 Å². The van der Waals surface area contributed by atoms with Crippen LogP contribution in [0.4, 0.5) is 0 Å². The van der Waals surface area contributed by atoms with Crippen molar-refractivity contribution in [1.29, 1.82) is 0 Å². The van der Waals surface area contributed by atoms with Gasteiger partial charge in [0, 0.05) is 6.20 Å². The van der Waals surface area contributed by atoms with Crippen molar-refractivity contribution in [1.82, 2.24) is 4.98 Å². The standard InChI is InChI=1S/C7H10BNO2/c1-8(10)6-3-4-7(11-2)9-5-6/h3-5,10H,1-2H3. The smallest absolute Gasteiger partial charge is 0.321 e. The monoisotopic (exact) mass is 151 g/mol. The van der Waals surface area contributed by atoms with Crippen LogP contribution in [0.25, 0.3) is 0 Å². The molecular weight excluding hydrogens is 141 g/mol. The Balaban J connectivity index is 2.83. The summed E-state index contributed by atoms with van der Waals surface area (Å²) in [6, 6.07) is 3.51. The molecule has 1 aromatic heterocycles. The molecule has 3 nitrogen and oxygen atoms in total. The minimum absolute atomic E-state index is 0.464. The second-order valence-electron chi connectivity index (χ2n) is 2.31. The molecule has 1 aromatic rings. The van der Waals surface area contributed by atoms with E-state index < -0.39 is 6.92 Å². The van der Waals surface area contributed by atoms with Crippen LogP contribution in [0.3, 0.4) is 0 Å². The predicted octanol–water partition coefficient (Wildman–Crippen LogP) is -0.0892. The summed E-state index contributed by atoms with van der Waals surface area (Å²) in [7, 11) is 1.56. The third-order valence-electron chi connectivity index (χ3n) is 1.45. The fourth-order valence-corrected chi connectivity index (χ4v) is 0.760. The van der Waals surface area contributed by atoms with E-state index in [2.05, 4.69) is 4.98 Å². The van der Waals surface area contributed by atoms with Crippen molar-refractivity contribution in [2.75, 3.05) is 7.11 Å². The molecule has 58 valence electrons. The number of methoxy groups -OCH3 is 1. The van der Waals surface area contributed by atoms with E-state index in [1.54, 1.807) is 32.3 Å². The van der Waals surface area contributed by atoms with Crippen LogP contribution in [0.2, 0.25) is 6.82 Å². The molecule has 11 heavy (non-hydrogen) atoms. The second kappa shape index (κ2) is 3.39. The number of nitrogens with zero attached hydrogens (tertiary/aromatic N) is 1. The van der Waals surface area contributed by atoms with E-state index in [-0.39, 0.29) is 0 Å². The quantitative estimate of drug-likeness (QED) is 0.600. The predicted molar refractivity (Wildman–Crippen MR) is 44.3 cm³/mol. The minimum atomic E-state index is -0.464. The summed E-state index contributed by atoms with van der Waals surface area (Å²) in [6.07, 6.45) is 1.60. The van der Waals surface area contributed by atoms with Gasteiger partial charge in [-0.1, -0.05) is 12.9 Å². The Morgan fingerprint density at radius 1 is 1.55 bits per heavy atom. The van der Waals surface area contributed by atoms with Gasteiger partial charge in [0.2, 0.25) is 5.88 Å². The summed E-state index contributed by atoms with van der Waals surface area (Å²) in [6.45, 7) is 1.23. The van der Waals surface area contributed by atoms with Crippen LogP contribution in [0.15, 0.2) is 18.3 Å². The van der Waals surface area contributed by atoms with Crippen LogP contribution < -0.4 is 10.2 Å². The first kappa shape index (κ1) is 8.08. The molecular formula is C7H10BNO2. The number of aromatic nitrogens is 1. The largest absolute Gasteiger partial charge is 0.481 e. The molecule has 4 heteroatoms. The Morgan fingerprint density at radius 3 is 2.64 bits per heavy atom. The van der Waals surface area contributed by atoms with Crippen molar-refractivity contribution in [3.05, 3.63) is 18.3 Å². The zero-order valence-electron chi connectivity index (χ0n) is 6.61. The van der Waals surface area contributed by atoms with Gasteiger partial charge in [-0.15, -0.1) is 0 Å². The van der Waals surface area contributed by atoms with Crippen molar-refractivity contribution in [2.24, 2.45) is 0 Å². The SMILES string of the molecule is COc1ccc(B(C)O)cn1. The van der Waals surface area contributed by atoms with Crippen molar-refractivity contribution in [2.45, 2.75) is 6.82 Å². The van der Waals surface area contributed by atoms with Gasteiger partial charge in [-0.05, 0) is 11.5 Å². The summed E-state index contributed by atoms with van der Waals surface area (Å²) in [5.41, 5.74) is 0.797. The molecule has 0 spiro atoms. The zero-order valence-corrected chi connectivity index (χ0v) is 6.61. The van der Waals surface area contributed by atoms with Crippen LogP contribution in [-0.4, -0.2) is 24.0 Å². The number of pyridine rings is 1. The maximum atomic E-state index is 9.11. The van der Waals surface area contributed by atoms with Gasteiger partial charge in [-0.2, -0.15) is 0 Å². The fraction of sp³-hybridized carbons (Fsp3) is 0.286. The Labute approximate surface area is 66.1 Å². The summed E-state index contributed by atoms with van der Waals surface area (Å²) < 4.78 is 4.86. The minimum Gasteiger partial charge on any atom is -0.481 e. The molecule has 0 unspecified atom stereocenters. The first-order valence-corrected chi connectivity index (χ1v) is 3.42. The van der Waals surface area contributed by atoms with E-state index in [1.165, 1.54) is 0 Å². The molecule has 1 heterocycles. The first-order valence-electron chi connectivity index (χ1n) is 3.42. The lowest BCUT2D eigenvalue weighted by Crippen LogP contribution is -2.26. The highest BCUT2D eigenvalue weighted by Gasteiger charge is 2.05. The van der Waals surface area contributed by atoms with Crippen LogP contribution in [0.1, 0.15) is 0 Å². The summed E-state index contributed by atoms with van der Waals surface area (Å²) in [5.74, 6) is 0.564. The molecule has 0 aliphatic heterocycles. The molecule has 0 bridgehead atoms. The lowest BCUT2D eigenvalue weighted by atomic mass is 9.65. The highest BCUT2D eigenvalue weighted by molar-refractivity contribution is 6.64. The van der Waals surface area contributed by atoms with E-state index in [4.69, 9.17) is 9.76 Å². The molecule has 0 aromatic carbocycles. The fourth-order valence-electron chi connectivity index (χ4n) is 0.760. The highest BCUT2D eigenvalue weighted by Crippen LogP contribution is 1.99. The molecule has 0 aliphatic carbocycles. The molecule has 0 atom stereocenters. The summed E-state index contributed by atoms with van der Waals surface area (Å²) in [5, 5.41) is 9.11. The highest BCUT2D eigenvalue weighted by atomic mass is 16.5. The van der Waals surface area contributed by atoms with Crippen LogP contribution in [0, 0.1) is 0 Å². The van der Waals surface area contributed by atoms with Crippen LogP contribution in [-0.2, 0) is 0 Å². The normalized spacial score (nSPS) is 9.36. The lowest BCUT2D eigenvalue weighted by molar-refractivity contribution is 0.398. The molecule has 0 amide bonds. The van der Waals surface area contributed by atoms with Gasteiger partial charge >= 0.3 is 6.92 Å². The molecule has 0 fully saturated rings. The van der Waals surface area contributed by atoms with Crippen molar-refractivity contribution in [3.63, 3.8) is 0 Å². The van der Waals surface area contributed by atoms with Crippen molar-refractivity contribution >= 4 is 12.4 Å². The zero-order chi connectivity index (χ0) is 8.27. The van der Waals surface area contributed by atoms with E-state index in [0.29, 0.717) is 5.88 Å². The van der Waals surface area contributed by atoms with Crippen molar-refractivity contribution in [3.8, 4) is 5.88 Å². The van der Waals surface area contributed by atoms with E-state index in [0.717, 1.165) is 5.46 Å². The average Bonchev–Trinajstić information content (AvgIpc) is 2.05. The average molecular weight is 151 g/mol. The molecule has 1 rings (SSSR count). The first-order chi connectivity index (χ1) is 5.24. The van der Waals surface area contributed by atoms with Crippen molar-refractivity contribution < 1.29 is 9.76 Å². The maximum absolute atomic E-state index is 9.11. The number of rotatable bonds is 2. The van der Waals surface area contributed by atoms with E-state index in [1.807, 2.05) is 0 Å². The Kier molecular flexibility index (Phi) is 2.49. The van der Waals surface area contributed by atoms with Gasteiger partial charge in [-0.25, -0.2) is 4.98 Å². The summed E-state index contributed by atoms with van der Waals surface area (Å²) >= 11 is 0. The van der Waals surface area contributed by atoms with Gasteiger partial charge in [0.1, 0.15) is 0 Å². The molecule has 0 aliphatic rings. The maximum Gasteiger partial charge on any atom is 0.321 e. The topological polar surface area (TPSA) is 42.4 Å². The third-order valence-corrected chi connectivity index (χ3v) is 1.45. The van der Waals surface area contributed by atoms with Gasteiger partial charge in [0.15, 0.2) is 0 Å². The number of ether oxygens (including phenoxy) is 1. The van der Waals surface area contributed by atoms with Crippen LogP contribution in [0.5, 0.6) is 5.88 Å². The second-order valence-corrected chi connectivity index (χ2v) is 2.31. The van der Waals surface area contributed by atoms with Gasteiger partial charge in [-0.3, -0.25) is 0 Å². The number of hydrogen-bond donors (Lipinski definition) is 1. The Hall–Kier alpha value is -1.03. The molecule has 1 N–H and O–H groups in total. The summed E-state index contributed by atoms with van der Waals surface area (Å²) in [4.78, 5) is 3.94. The van der Waals surface area contributed by atoms with Gasteiger partial charge < -0.3 is 9.76 Å². The third kappa shape index (κ3) is 1.95. The number of hydrogen-bond acceptors (Lipinski definition) is 3.